The molecule has 5 heteroatoms. The number of rotatable bonds is 2. The number of ether oxygens (including phenoxy) is 2. The minimum absolute atomic E-state index is 0.350. The first-order valence-corrected chi connectivity index (χ1v) is 4.59. The highest BCUT2D eigenvalue weighted by Gasteiger charge is 2.17. The van der Waals surface area contributed by atoms with Crippen LogP contribution in [-0.2, 0) is 9.47 Å². The van der Waals surface area contributed by atoms with Gasteiger partial charge in [0.25, 0.3) is 0 Å². The fourth-order valence-corrected chi connectivity index (χ4v) is 1.35. The summed E-state index contributed by atoms with van der Waals surface area (Å²) in [5.41, 5.74) is 0. The predicted molar refractivity (Wildman–Crippen MR) is 47.9 cm³/mol. The molecule has 2 rings (SSSR count). The molecule has 2 heterocycles. The van der Waals surface area contributed by atoms with Crippen LogP contribution >= 0.6 is 0 Å². The lowest BCUT2D eigenvalue weighted by Crippen LogP contribution is -2.17. The van der Waals surface area contributed by atoms with Crippen LogP contribution in [0.5, 0.6) is 0 Å². The molecule has 0 N–H and O–H groups in total. The number of imidazole rings is 1. The quantitative estimate of drug-likeness (QED) is 0.705. The van der Waals surface area contributed by atoms with Crippen LogP contribution in [0.1, 0.15) is 6.42 Å². The van der Waals surface area contributed by atoms with Gasteiger partial charge in [0.2, 0.25) is 0 Å². The van der Waals surface area contributed by atoms with E-state index >= 15 is 0 Å². The van der Waals surface area contributed by atoms with Gasteiger partial charge in [-0.25, -0.2) is 14.3 Å². The highest BCUT2D eigenvalue weighted by Crippen LogP contribution is 2.12. The Kier molecular flexibility index (Phi) is 2.78. The Balaban J connectivity index is 1.78. The summed E-state index contributed by atoms with van der Waals surface area (Å²) in [5, 5.41) is 0. The molecule has 0 amide bonds. The number of aromatic nitrogens is 2. The maximum atomic E-state index is 11.3. The van der Waals surface area contributed by atoms with Gasteiger partial charge in [0.05, 0.1) is 13.2 Å². The zero-order valence-electron chi connectivity index (χ0n) is 7.76. The maximum Gasteiger partial charge on any atom is 0.419 e. The van der Waals surface area contributed by atoms with E-state index in [4.69, 9.17) is 9.47 Å². The number of carbonyl (C=O) groups is 1. The van der Waals surface area contributed by atoms with Crippen molar-refractivity contribution < 1.29 is 14.3 Å². The van der Waals surface area contributed by atoms with Crippen LogP contribution in [-0.4, -0.2) is 35.5 Å². The molecule has 1 saturated heterocycles. The van der Waals surface area contributed by atoms with E-state index in [-0.39, 0.29) is 6.09 Å². The van der Waals surface area contributed by atoms with Crippen LogP contribution in [0.4, 0.5) is 4.79 Å². The fourth-order valence-electron chi connectivity index (χ4n) is 1.35. The van der Waals surface area contributed by atoms with Crippen molar-refractivity contribution in [3.63, 3.8) is 0 Å². The van der Waals surface area contributed by atoms with Gasteiger partial charge in [-0.2, -0.15) is 0 Å². The van der Waals surface area contributed by atoms with Gasteiger partial charge in [-0.05, 0) is 6.42 Å². The highest BCUT2D eigenvalue weighted by molar-refractivity contribution is 5.69. The van der Waals surface area contributed by atoms with Crippen molar-refractivity contribution in [1.82, 2.24) is 9.55 Å². The highest BCUT2D eigenvalue weighted by atomic mass is 16.6. The Bertz CT molecular complexity index is 291. The van der Waals surface area contributed by atoms with Gasteiger partial charge in [-0.3, -0.25) is 0 Å². The molecular formula is C9H12N2O3. The Labute approximate surface area is 81.6 Å². The van der Waals surface area contributed by atoms with Crippen molar-refractivity contribution in [2.24, 2.45) is 5.92 Å². The molecule has 0 bridgehead atoms. The largest absolute Gasteiger partial charge is 0.449 e. The average Bonchev–Trinajstić information content (AvgIpc) is 2.87. The zero-order valence-corrected chi connectivity index (χ0v) is 7.76. The monoisotopic (exact) mass is 196 g/mol. The van der Waals surface area contributed by atoms with Crippen molar-refractivity contribution in [1.29, 1.82) is 0 Å². The first-order valence-electron chi connectivity index (χ1n) is 4.59. The molecule has 0 radical (unpaired) electrons. The molecule has 1 unspecified atom stereocenters. The summed E-state index contributed by atoms with van der Waals surface area (Å²) in [7, 11) is 0. The Morgan fingerprint density at radius 3 is 3.29 bits per heavy atom. The molecule has 1 aromatic rings. The summed E-state index contributed by atoms with van der Waals surface area (Å²) >= 11 is 0. The zero-order chi connectivity index (χ0) is 9.80. The SMILES string of the molecule is O=C(OCC1CCOC1)n1ccnc1. The van der Waals surface area contributed by atoms with E-state index in [1.165, 1.54) is 10.9 Å². The Morgan fingerprint density at radius 2 is 2.64 bits per heavy atom. The Morgan fingerprint density at radius 1 is 1.71 bits per heavy atom. The number of hydrogen-bond donors (Lipinski definition) is 0. The minimum atomic E-state index is -0.380. The second kappa shape index (κ2) is 4.23. The standard InChI is InChI=1S/C9H12N2O3/c12-9(11-3-2-10-7-11)14-6-8-1-4-13-5-8/h2-3,7-8H,1,4-6H2. The van der Waals surface area contributed by atoms with E-state index in [1.54, 1.807) is 12.4 Å². The number of nitrogens with zero attached hydrogens (tertiary/aromatic N) is 2. The lowest BCUT2D eigenvalue weighted by atomic mass is 10.1. The molecule has 0 spiro atoms. The molecule has 5 nitrogen and oxygen atoms in total. The summed E-state index contributed by atoms with van der Waals surface area (Å²) in [4.78, 5) is 15.1. The summed E-state index contributed by atoms with van der Waals surface area (Å²) in [6.07, 6.45) is 5.12. The minimum Gasteiger partial charge on any atom is -0.449 e. The molecule has 0 aromatic carbocycles. The molecular weight excluding hydrogens is 184 g/mol. The first kappa shape index (κ1) is 9.21. The van der Waals surface area contributed by atoms with Gasteiger partial charge in [-0.15, -0.1) is 0 Å². The molecule has 0 aliphatic carbocycles. The van der Waals surface area contributed by atoms with Gasteiger partial charge in [0, 0.05) is 24.9 Å². The van der Waals surface area contributed by atoms with E-state index in [1.807, 2.05) is 0 Å². The molecule has 76 valence electrons. The lowest BCUT2D eigenvalue weighted by molar-refractivity contribution is 0.118. The van der Waals surface area contributed by atoms with Crippen molar-refractivity contribution >= 4 is 6.09 Å². The van der Waals surface area contributed by atoms with Crippen LogP contribution in [0.25, 0.3) is 0 Å². The molecule has 1 atom stereocenters. The number of carbonyl (C=O) groups excluding carboxylic acids is 1. The average molecular weight is 196 g/mol. The van der Waals surface area contributed by atoms with Crippen LogP contribution in [0.3, 0.4) is 0 Å². The van der Waals surface area contributed by atoms with Gasteiger partial charge >= 0.3 is 6.09 Å². The van der Waals surface area contributed by atoms with Crippen molar-refractivity contribution in [3.8, 4) is 0 Å². The topological polar surface area (TPSA) is 53.4 Å². The predicted octanol–water partition coefficient (Wildman–Crippen LogP) is 0.904. The van der Waals surface area contributed by atoms with Crippen LogP contribution in [0.2, 0.25) is 0 Å². The van der Waals surface area contributed by atoms with Crippen LogP contribution in [0.15, 0.2) is 18.7 Å². The molecule has 1 aliphatic heterocycles. The molecule has 1 fully saturated rings. The van der Waals surface area contributed by atoms with Gasteiger partial charge in [-0.1, -0.05) is 0 Å². The summed E-state index contributed by atoms with van der Waals surface area (Å²) in [6, 6.07) is 0. The molecule has 14 heavy (non-hydrogen) atoms. The van der Waals surface area contributed by atoms with E-state index in [0.29, 0.717) is 19.1 Å². The number of hydrogen-bond acceptors (Lipinski definition) is 4. The van der Waals surface area contributed by atoms with Crippen molar-refractivity contribution in [2.75, 3.05) is 19.8 Å². The second-order valence-electron chi connectivity index (χ2n) is 3.28. The molecule has 0 saturated carbocycles. The smallest absolute Gasteiger partial charge is 0.419 e. The van der Waals surface area contributed by atoms with E-state index in [2.05, 4.69) is 4.98 Å². The van der Waals surface area contributed by atoms with Crippen LogP contribution in [0, 0.1) is 5.92 Å². The lowest BCUT2D eigenvalue weighted by Gasteiger charge is -2.08. The second-order valence-corrected chi connectivity index (χ2v) is 3.28. The molecule has 1 aromatic heterocycles. The summed E-state index contributed by atoms with van der Waals surface area (Å²) in [5.74, 6) is 0.350. The third-order valence-electron chi connectivity index (χ3n) is 2.18. The van der Waals surface area contributed by atoms with Crippen LogP contribution < -0.4 is 0 Å². The van der Waals surface area contributed by atoms with E-state index in [9.17, 15) is 4.79 Å². The third kappa shape index (κ3) is 2.11. The molecule has 1 aliphatic rings. The Hall–Kier alpha value is -1.36. The van der Waals surface area contributed by atoms with Gasteiger partial charge in [0.1, 0.15) is 6.33 Å². The summed E-state index contributed by atoms with van der Waals surface area (Å²) in [6.45, 7) is 1.89. The fraction of sp³-hybridized carbons (Fsp3) is 0.556. The van der Waals surface area contributed by atoms with Gasteiger partial charge < -0.3 is 9.47 Å². The normalized spacial score (nSPS) is 21.0. The van der Waals surface area contributed by atoms with E-state index < -0.39 is 0 Å². The third-order valence-corrected chi connectivity index (χ3v) is 2.18. The first-order chi connectivity index (χ1) is 6.86. The maximum absolute atomic E-state index is 11.3. The van der Waals surface area contributed by atoms with Crippen molar-refractivity contribution in [3.05, 3.63) is 18.7 Å². The van der Waals surface area contributed by atoms with E-state index in [0.717, 1.165) is 13.0 Å². The van der Waals surface area contributed by atoms with Gasteiger partial charge in [0.15, 0.2) is 0 Å². The summed E-state index contributed by atoms with van der Waals surface area (Å²) < 4.78 is 11.6. The van der Waals surface area contributed by atoms with Crippen molar-refractivity contribution in [2.45, 2.75) is 6.42 Å².